The summed E-state index contributed by atoms with van der Waals surface area (Å²) < 4.78 is 4.79. The molecule has 1 heterocycles. The number of anilines is 1. The van der Waals surface area contributed by atoms with Crippen molar-refractivity contribution in [1.82, 2.24) is 4.98 Å². The highest BCUT2D eigenvalue weighted by atomic mass is 32.2. The van der Waals surface area contributed by atoms with Crippen LogP contribution in [0.1, 0.15) is 28.4 Å². The monoisotopic (exact) mass is 410 g/mol. The SMILES string of the molecule is CCc1ccc(NC(=O)CSc2[nH]c3ccc(C)cc3c(=O)c2C(=O)OC)cc1. The van der Waals surface area contributed by atoms with Gasteiger partial charge in [0.1, 0.15) is 5.56 Å². The third-order valence-corrected chi connectivity index (χ3v) is 5.51. The van der Waals surface area contributed by atoms with Crippen molar-refractivity contribution >= 4 is 40.2 Å². The number of methoxy groups -OCH3 is 1. The van der Waals surface area contributed by atoms with Crippen molar-refractivity contribution in [2.45, 2.75) is 25.3 Å². The average Bonchev–Trinajstić information content (AvgIpc) is 2.73. The molecule has 0 radical (unpaired) electrons. The van der Waals surface area contributed by atoms with Gasteiger partial charge in [0.15, 0.2) is 0 Å². The first-order valence-corrected chi connectivity index (χ1v) is 10.2. The van der Waals surface area contributed by atoms with Crippen molar-refractivity contribution in [1.29, 1.82) is 0 Å². The van der Waals surface area contributed by atoms with Crippen LogP contribution in [0.3, 0.4) is 0 Å². The minimum Gasteiger partial charge on any atom is -0.465 e. The van der Waals surface area contributed by atoms with Crippen molar-refractivity contribution in [3.63, 3.8) is 0 Å². The van der Waals surface area contributed by atoms with Gasteiger partial charge in [-0.15, -0.1) is 0 Å². The number of carbonyl (C=O) groups is 2. The van der Waals surface area contributed by atoms with E-state index in [4.69, 9.17) is 4.74 Å². The Morgan fingerprint density at radius 1 is 1.14 bits per heavy atom. The van der Waals surface area contributed by atoms with Crippen molar-refractivity contribution in [2.75, 3.05) is 18.2 Å². The summed E-state index contributed by atoms with van der Waals surface area (Å²) in [6.07, 6.45) is 0.926. The van der Waals surface area contributed by atoms with Gasteiger partial charge in [-0.25, -0.2) is 4.79 Å². The molecule has 0 fully saturated rings. The fourth-order valence-electron chi connectivity index (χ4n) is 2.93. The Morgan fingerprint density at radius 3 is 2.52 bits per heavy atom. The molecular formula is C22H22N2O4S. The molecule has 0 spiro atoms. The van der Waals surface area contributed by atoms with E-state index in [2.05, 4.69) is 17.2 Å². The number of aryl methyl sites for hydroxylation is 2. The Morgan fingerprint density at radius 2 is 1.86 bits per heavy atom. The first-order valence-electron chi connectivity index (χ1n) is 9.19. The van der Waals surface area contributed by atoms with Crippen LogP contribution >= 0.6 is 11.8 Å². The van der Waals surface area contributed by atoms with E-state index in [0.29, 0.717) is 21.6 Å². The molecule has 29 heavy (non-hydrogen) atoms. The molecule has 0 aliphatic rings. The molecule has 0 unspecified atom stereocenters. The number of pyridine rings is 1. The van der Waals surface area contributed by atoms with Gasteiger partial charge in [-0.2, -0.15) is 0 Å². The molecule has 0 aliphatic heterocycles. The van der Waals surface area contributed by atoms with Crippen LogP contribution in [0.4, 0.5) is 5.69 Å². The fourth-order valence-corrected chi connectivity index (χ4v) is 3.78. The molecule has 0 bridgehead atoms. The van der Waals surface area contributed by atoms with Crippen LogP contribution in [-0.4, -0.2) is 29.7 Å². The molecule has 2 aromatic carbocycles. The van der Waals surface area contributed by atoms with Gasteiger partial charge in [-0.1, -0.05) is 42.4 Å². The number of thioether (sulfide) groups is 1. The van der Waals surface area contributed by atoms with E-state index in [0.717, 1.165) is 23.7 Å². The maximum atomic E-state index is 12.9. The summed E-state index contributed by atoms with van der Waals surface area (Å²) in [4.78, 5) is 40.5. The molecule has 6 nitrogen and oxygen atoms in total. The van der Waals surface area contributed by atoms with Gasteiger partial charge in [0.2, 0.25) is 11.3 Å². The summed E-state index contributed by atoms with van der Waals surface area (Å²) in [5.74, 6) is -0.931. The van der Waals surface area contributed by atoms with Gasteiger partial charge in [-0.05, 0) is 43.2 Å². The molecule has 150 valence electrons. The predicted molar refractivity (Wildman–Crippen MR) is 116 cm³/mol. The van der Waals surface area contributed by atoms with Crippen molar-refractivity contribution in [3.8, 4) is 0 Å². The number of fused-ring (bicyclic) bond motifs is 1. The van der Waals surface area contributed by atoms with Gasteiger partial charge in [0.25, 0.3) is 0 Å². The number of esters is 1. The number of rotatable bonds is 6. The van der Waals surface area contributed by atoms with Crippen molar-refractivity contribution in [2.24, 2.45) is 0 Å². The minimum absolute atomic E-state index is 0.0346. The highest BCUT2D eigenvalue weighted by molar-refractivity contribution is 8.00. The van der Waals surface area contributed by atoms with Crippen LogP contribution in [0.15, 0.2) is 52.3 Å². The summed E-state index contributed by atoms with van der Waals surface area (Å²) in [5, 5.41) is 3.54. The number of hydrogen-bond donors (Lipinski definition) is 2. The molecule has 7 heteroatoms. The lowest BCUT2D eigenvalue weighted by atomic mass is 10.1. The Kier molecular flexibility index (Phi) is 6.39. The number of benzene rings is 2. The number of H-pyrrole nitrogens is 1. The van der Waals surface area contributed by atoms with Crippen LogP contribution in [0.2, 0.25) is 0 Å². The summed E-state index contributed by atoms with van der Waals surface area (Å²) in [5.41, 5.74) is 2.90. The molecule has 0 aliphatic carbocycles. The lowest BCUT2D eigenvalue weighted by Gasteiger charge is -2.10. The maximum Gasteiger partial charge on any atom is 0.344 e. The van der Waals surface area contributed by atoms with Gasteiger partial charge in [0, 0.05) is 11.1 Å². The third-order valence-electron chi connectivity index (χ3n) is 4.51. The molecule has 1 aromatic heterocycles. The van der Waals surface area contributed by atoms with Crippen LogP contribution in [-0.2, 0) is 16.0 Å². The normalized spacial score (nSPS) is 10.7. The van der Waals surface area contributed by atoms with Gasteiger partial charge in [-0.3, -0.25) is 9.59 Å². The number of aromatic nitrogens is 1. The van der Waals surface area contributed by atoms with E-state index >= 15 is 0 Å². The molecule has 3 aromatic rings. The highest BCUT2D eigenvalue weighted by Gasteiger charge is 2.21. The molecule has 0 saturated carbocycles. The second-order valence-electron chi connectivity index (χ2n) is 6.59. The number of carbonyl (C=O) groups excluding carboxylic acids is 2. The van der Waals surface area contributed by atoms with Crippen molar-refractivity contribution < 1.29 is 14.3 Å². The Bertz CT molecular complexity index is 1120. The zero-order valence-electron chi connectivity index (χ0n) is 16.5. The average molecular weight is 410 g/mol. The number of nitrogens with one attached hydrogen (secondary N) is 2. The fraction of sp³-hybridized carbons (Fsp3) is 0.227. The van der Waals surface area contributed by atoms with E-state index in [1.54, 1.807) is 12.1 Å². The van der Waals surface area contributed by atoms with Crippen molar-refractivity contribution in [3.05, 3.63) is 69.4 Å². The standard InChI is InChI=1S/C22H22N2O4S/c1-4-14-6-8-15(9-7-14)23-18(25)12-29-21-19(22(27)28-3)20(26)16-11-13(2)5-10-17(16)24-21/h5-11H,4,12H2,1-3H3,(H,23,25)(H,24,26). The second kappa shape index (κ2) is 8.96. The van der Waals surface area contributed by atoms with Crippen LogP contribution in [0, 0.1) is 6.92 Å². The first kappa shape index (κ1) is 20.7. The zero-order valence-corrected chi connectivity index (χ0v) is 17.3. The molecule has 2 N–H and O–H groups in total. The number of aromatic amines is 1. The van der Waals surface area contributed by atoms with E-state index < -0.39 is 11.4 Å². The Hall–Kier alpha value is -3.06. The molecule has 0 saturated heterocycles. The highest BCUT2D eigenvalue weighted by Crippen LogP contribution is 2.23. The van der Waals surface area contributed by atoms with E-state index in [-0.39, 0.29) is 17.2 Å². The molecule has 1 amide bonds. The maximum absolute atomic E-state index is 12.9. The Labute approximate surface area is 172 Å². The first-order chi connectivity index (χ1) is 13.9. The molecule has 3 rings (SSSR count). The quantitative estimate of drug-likeness (QED) is 0.475. The summed E-state index contributed by atoms with van der Waals surface area (Å²) in [7, 11) is 1.23. The summed E-state index contributed by atoms with van der Waals surface area (Å²) >= 11 is 1.09. The number of hydrogen-bond acceptors (Lipinski definition) is 5. The topological polar surface area (TPSA) is 88.3 Å². The largest absolute Gasteiger partial charge is 0.465 e. The lowest BCUT2D eigenvalue weighted by Crippen LogP contribution is -2.20. The lowest BCUT2D eigenvalue weighted by molar-refractivity contribution is -0.113. The zero-order chi connectivity index (χ0) is 21.0. The van der Waals surface area contributed by atoms with Crippen LogP contribution in [0.25, 0.3) is 10.9 Å². The van der Waals surface area contributed by atoms with E-state index in [9.17, 15) is 14.4 Å². The summed E-state index contributed by atoms with van der Waals surface area (Å²) in [6.45, 7) is 3.94. The third kappa shape index (κ3) is 4.68. The van der Waals surface area contributed by atoms with Gasteiger partial charge in [0.05, 0.1) is 23.4 Å². The number of amides is 1. The Balaban J connectivity index is 1.84. The van der Waals surface area contributed by atoms with E-state index in [1.807, 2.05) is 37.3 Å². The second-order valence-corrected chi connectivity index (χ2v) is 7.57. The van der Waals surface area contributed by atoms with Gasteiger partial charge >= 0.3 is 5.97 Å². The molecular weight excluding hydrogens is 388 g/mol. The molecule has 0 atom stereocenters. The minimum atomic E-state index is -0.729. The summed E-state index contributed by atoms with van der Waals surface area (Å²) in [6, 6.07) is 13.0. The smallest absolute Gasteiger partial charge is 0.344 e. The predicted octanol–water partition coefficient (Wildman–Crippen LogP) is 3.92. The number of ether oxygens (including phenoxy) is 1. The van der Waals surface area contributed by atoms with Crippen LogP contribution < -0.4 is 10.7 Å². The van der Waals surface area contributed by atoms with Crippen LogP contribution in [0.5, 0.6) is 0 Å². The van der Waals surface area contributed by atoms with E-state index in [1.165, 1.54) is 12.7 Å². The van der Waals surface area contributed by atoms with Gasteiger partial charge < -0.3 is 15.0 Å².